The number of amides is 2. The van der Waals surface area contributed by atoms with Crippen LogP contribution < -0.4 is 5.32 Å². The number of aromatic nitrogens is 3. The van der Waals surface area contributed by atoms with Crippen LogP contribution in [0.4, 0.5) is 0 Å². The number of carbonyl (C=O) groups is 2. The van der Waals surface area contributed by atoms with E-state index in [0.29, 0.717) is 57.1 Å². The molecule has 1 atom stereocenters. The standard InChI is InChI=1S/C18H24N6O3/c1-12-9-13(2)24-16(21-12)14(10-20-24)17(25)23-4-3-19-11-15(23)18(26)22-5-7-27-8-6-22/h9-10,15,19H,3-8,11H2,1-2H3/t15-/m0/s1. The maximum atomic E-state index is 13.3. The molecule has 2 aromatic rings. The summed E-state index contributed by atoms with van der Waals surface area (Å²) in [5, 5.41) is 7.55. The van der Waals surface area contributed by atoms with Crippen molar-refractivity contribution in [1.29, 1.82) is 0 Å². The zero-order valence-corrected chi connectivity index (χ0v) is 15.6. The van der Waals surface area contributed by atoms with Gasteiger partial charge in [-0.1, -0.05) is 0 Å². The minimum absolute atomic E-state index is 0.0318. The van der Waals surface area contributed by atoms with E-state index in [-0.39, 0.29) is 11.8 Å². The number of ether oxygens (including phenoxy) is 1. The van der Waals surface area contributed by atoms with Crippen LogP contribution in [0.1, 0.15) is 21.7 Å². The van der Waals surface area contributed by atoms with E-state index in [4.69, 9.17) is 4.74 Å². The first-order valence-corrected chi connectivity index (χ1v) is 9.26. The van der Waals surface area contributed by atoms with Gasteiger partial charge in [0.1, 0.15) is 11.6 Å². The predicted molar refractivity (Wildman–Crippen MR) is 97.6 cm³/mol. The van der Waals surface area contributed by atoms with E-state index in [1.807, 2.05) is 19.9 Å². The van der Waals surface area contributed by atoms with Gasteiger partial charge in [0.15, 0.2) is 5.65 Å². The number of carbonyl (C=O) groups excluding carboxylic acids is 2. The Labute approximate surface area is 157 Å². The van der Waals surface area contributed by atoms with Gasteiger partial charge in [0.05, 0.1) is 19.4 Å². The lowest BCUT2D eigenvalue weighted by Gasteiger charge is -2.38. The summed E-state index contributed by atoms with van der Waals surface area (Å²) < 4.78 is 7.00. The molecule has 0 unspecified atom stereocenters. The molecule has 2 aliphatic heterocycles. The molecule has 27 heavy (non-hydrogen) atoms. The molecule has 4 rings (SSSR count). The summed E-state index contributed by atoms with van der Waals surface area (Å²) in [7, 11) is 0. The molecule has 9 heteroatoms. The van der Waals surface area contributed by atoms with Crippen LogP contribution >= 0.6 is 0 Å². The normalized spacial score (nSPS) is 20.9. The maximum Gasteiger partial charge on any atom is 0.260 e. The fourth-order valence-corrected chi connectivity index (χ4v) is 3.74. The highest BCUT2D eigenvalue weighted by molar-refractivity contribution is 6.02. The lowest BCUT2D eigenvalue weighted by molar-refractivity contribution is -0.140. The van der Waals surface area contributed by atoms with Gasteiger partial charge < -0.3 is 19.9 Å². The Bertz CT molecular complexity index is 873. The maximum absolute atomic E-state index is 13.3. The van der Waals surface area contributed by atoms with Crippen molar-refractivity contribution in [1.82, 2.24) is 29.7 Å². The lowest BCUT2D eigenvalue weighted by atomic mass is 10.1. The monoisotopic (exact) mass is 372 g/mol. The number of piperazine rings is 1. The Hall–Kier alpha value is -2.52. The van der Waals surface area contributed by atoms with Crippen molar-refractivity contribution in [2.75, 3.05) is 45.9 Å². The second kappa shape index (κ2) is 7.24. The molecule has 2 aliphatic rings. The predicted octanol–water partition coefficient (Wildman–Crippen LogP) is -0.381. The van der Waals surface area contributed by atoms with Gasteiger partial charge in [0.25, 0.3) is 5.91 Å². The smallest absolute Gasteiger partial charge is 0.260 e. The summed E-state index contributed by atoms with van der Waals surface area (Å²) in [5.41, 5.74) is 2.71. The average Bonchev–Trinajstić information content (AvgIpc) is 3.11. The Morgan fingerprint density at radius 1 is 1.22 bits per heavy atom. The molecule has 2 fully saturated rings. The highest BCUT2D eigenvalue weighted by Crippen LogP contribution is 2.18. The molecule has 0 saturated carbocycles. The summed E-state index contributed by atoms with van der Waals surface area (Å²) in [4.78, 5) is 34.3. The lowest BCUT2D eigenvalue weighted by Crippen LogP contribution is -2.61. The van der Waals surface area contributed by atoms with E-state index >= 15 is 0 Å². The van der Waals surface area contributed by atoms with Crippen molar-refractivity contribution in [3.8, 4) is 0 Å². The average molecular weight is 372 g/mol. The SMILES string of the molecule is Cc1cc(C)n2ncc(C(=O)N3CCNC[C@H]3C(=O)N3CCOCC3)c2n1. The molecule has 0 radical (unpaired) electrons. The summed E-state index contributed by atoms with van der Waals surface area (Å²) in [6.07, 6.45) is 1.55. The number of nitrogens with zero attached hydrogens (tertiary/aromatic N) is 5. The molecular formula is C18H24N6O3. The highest BCUT2D eigenvalue weighted by Gasteiger charge is 2.36. The first kappa shape index (κ1) is 17.9. The third-order valence-electron chi connectivity index (χ3n) is 5.12. The van der Waals surface area contributed by atoms with Gasteiger partial charge in [-0.05, 0) is 19.9 Å². The first-order valence-electron chi connectivity index (χ1n) is 9.26. The number of hydrogen-bond donors (Lipinski definition) is 1. The molecule has 2 saturated heterocycles. The molecule has 9 nitrogen and oxygen atoms in total. The zero-order chi connectivity index (χ0) is 19.0. The summed E-state index contributed by atoms with van der Waals surface area (Å²) in [6.45, 7) is 7.61. The van der Waals surface area contributed by atoms with Gasteiger partial charge in [0.2, 0.25) is 5.91 Å². The van der Waals surface area contributed by atoms with Crippen LogP contribution in [0.2, 0.25) is 0 Å². The summed E-state index contributed by atoms with van der Waals surface area (Å²) in [5.74, 6) is -0.230. The minimum Gasteiger partial charge on any atom is -0.378 e. The molecule has 2 amide bonds. The van der Waals surface area contributed by atoms with Crippen LogP contribution in [0, 0.1) is 13.8 Å². The number of hydrogen-bond acceptors (Lipinski definition) is 6. The largest absolute Gasteiger partial charge is 0.378 e. The van der Waals surface area contributed by atoms with Crippen molar-refractivity contribution >= 4 is 17.5 Å². The topological polar surface area (TPSA) is 92.1 Å². The molecule has 0 spiro atoms. The van der Waals surface area contributed by atoms with Crippen molar-refractivity contribution in [2.45, 2.75) is 19.9 Å². The summed E-state index contributed by atoms with van der Waals surface area (Å²) in [6, 6.07) is 1.40. The molecular weight excluding hydrogens is 348 g/mol. The number of nitrogens with one attached hydrogen (secondary N) is 1. The minimum atomic E-state index is -0.523. The number of fused-ring (bicyclic) bond motifs is 1. The number of aryl methyl sites for hydroxylation is 2. The van der Waals surface area contributed by atoms with Crippen LogP contribution in [0.5, 0.6) is 0 Å². The third-order valence-corrected chi connectivity index (χ3v) is 5.12. The van der Waals surface area contributed by atoms with E-state index in [1.54, 1.807) is 20.5 Å². The fourth-order valence-electron chi connectivity index (χ4n) is 3.74. The Morgan fingerprint density at radius 2 is 2.00 bits per heavy atom. The van der Waals surface area contributed by atoms with Crippen LogP contribution in [0.3, 0.4) is 0 Å². The fraction of sp³-hybridized carbons (Fsp3) is 0.556. The van der Waals surface area contributed by atoms with Crippen LogP contribution in [-0.4, -0.2) is 88.2 Å². The van der Waals surface area contributed by atoms with Crippen LogP contribution in [-0.2, 0) is 9.53 Å². The van der Waals surface area contributed by atoms with E-state index in [0.717, 1.165) is 11.4 Å². The molecule has 0 aliphatic carbocycles. The molecule has 4 heterocycles. The van der Waals surface area contributed by atoms with E-state index < -0.39 is 6.04 Å². The van der Waals surface area contributed by atoms with Crippen molar-refractivity contribution in [2.24, 2.45) is 0 Å². The molecule has 2 aromatic heterocycles. The van der Waals surface area contributed by atoms with Crippen molar-refractivity contribution < 1.29 is 14.3 Å². The van der Waals surface area contributed by atoms with Gasteiger partial charge in [-0.15, -0.1) is 0 Å². The third kappa shape index (κ3) is 3.28. The Morgan fingerprint density at radius 3 is 2.78 bits per heavy atom. The zero-order valence-electron chi connectivity index (χ0n) is 15.6. The van der Waals surface area contributed by atoms with Gasteiger partial charge in [-0.3, -0.25) is 9.59 Å². The van der Waals surface area contributed by atoms with Crippen molar-refractivity contribution in [3.63, 3.8) is 0 Å². The Balaban J connectivity index is 1.64. The number of rotatable bonds is 2. The molecule has 0 bridgehead atoms. The van der Waals surface area contributed by atoms with Gasteiger partial charge in [-0.2, -0.15) is 5.10 Å². The second-order valence-corrected chi connectivity index (χ2v) is 6.99. The quantitative estimate of drug-likeness (QED) is 0.773. The van der Waals surface area contributed by atoms with E-state index in [9.17, 15) is 9.59 Å². The van der Waals surface area contributed by atoms with Gasteiger partial charge >= 0.3 is 0 Å². The second-order valence-electron chi connectivity index (χ2n) is 6.99. The van der Waals surface area contributed by atoms with Crippen molar-refractivity contribution in [3.05, 3.63) is 29.2 Å². The molecule has 144 valence electrons. The molecule has 1 N–H and O–H groups in total. The summed E-state index contributed by atoms with van der Waals surface area (Å²) >= 11 is 0. The number of morpholine rings is 1. The Kier molecular flexibility index (Phi) is 4.79. The first-order chi connectivity index (χ1) is 13.1. The van der Waals surface area contributed by atoms with Crippen LogP contribution in [0.15, 0.2) is 12.3 Å². The van der Waals surface area contributed by atoms with Crippen LogP contribution in [0.25, 0.3) is 5.65 Å². The molecule has 0 aromatic carbocycles. The highest BCUT2D eigenvalue weighted by atomic mass is 16.5. The van der Waals surface area contributed by atoms with E-state index in [1.165, 1.54) is 0 Å². The van der Waals surface area contributed by atoms with E-state index in [2.05, 4.69) is 15.4 Å². The van der Waals surface area contributed by atoms with Gasteiger partial charge in [0, 0.05) is 44.1 Å². The van der Waals surface area contributed by atoms with Gasteiger partial charge in [-0.25, -0.2) is 9.50 Å².